The number of hydrogen-bond acceptors (Lipinski definition) is 6. The summed E-state index contributed by atoms with van der Waals surface area (Å²) in [5.74, 6) is -0.496. The molecule has 2 amide bonds. The molecule has 36 heavy (non-hydrogen) atoms. The Balaban J connectivity index is 1.75. The van der Waals surface area contributed by atoms with Gasteiger partial charge in [0, 0.05) is 37.7 Å². The van der Waals surface area contributed by atoms with Gasteiger partial charge in [-0.2, -0.15) is 4.72 Å². The molecule has 1 aromatic rings. The molecule has 1 aliphatic heterocycles. The monoisotopic (exact) mass is 542 g/mol. The molecule has 0 bridgehead atoms. The molecule has 0 radical (unpaired) electrons. The fourth-order valence-corrected chi connectivity index (χ4v) is 6.45. The molecule has 3 atom stereocenters. The van der Waals surface area contributed by atoms with E-state index < -0.39 is 26.7 Å². The van der Waals surface area contributed by atoms with Crippen molar-refractivity contribution in [3.63, 3.8) is 0 Å². The molecular weight excluding hydrogens is 508 g/mol. The summed E-state index contributed by atoms with van der Waals surface area (Å²) in [6.45, 7) is 6.60. The summed E-state index contributed by atoms with van der Waals surface area (Å²) in [7, 11) is -4.25. The second kappa shape index (κ2) is 11.9. The molecule has 12 heteroatoms. The van der Waals surface area contributed by atoms with Crippen molar-refractivity contribution in [2.45, 2.75) is 76.3 Å². The first-order chi connectivity index (χ1) is 17.0. The smallest absolute Gasteiger partial charge is 0.289 e. The molecule has 200 valence electrons. The van der Waals surface area contributed by atoms with Crippen molar-refractivity contribution in [3.8, 4) is 0 Å². The standard InChI is InChI=1S/C24H35ClN4O6S/c1-4-16(2)22(26-36(34,35)19-10-11-20(25)21(14-19)29(32)33)24(31)27-12-13-28(17(3)15-27)23(30)18-8-6-5-7-9-18/h10-11,14,16-18,22,26H,4-9,12-13,15H2,1-3H3. The van der Waals surface area contributed by atoms with Crippen molar-refractivity contribution in [3.05, 3.63) is 33.3 Å². The minimum absolute atomic E-state index is 0.0477. The lowest BCUT2D eigenvalue weighted by atomic mass is 9.87. The Hall–Kier alpha value is -2.24. The Kier molecular flexibility index (Phi) is 9.34. The molecular formula is C24H35ClN4O6S. The van der Waals surface area contributed by atoms with Gasteiger partial charge in [0.1, 0.15) is 11.1 Å². The number of rotatable bonds is 8. The molecule has 2 fully saturated rings. The molecule has 0 spiro atoms. The molecule has 1 heterocycles. The second-order valence-corrected chi connectivity index (χ2v) is 12.0. The molecule has 1 aromatic carbocycles. The number of sulfonamides is 1. The maximum Gasteiger partial charge on any atom is 0.289 e. The van der Waals surface area contributed by atoms with Crippen LogP contribution < -0.4 is 4.72 Å². The SMILES string of the molecule is CCC(C)C(NS(=O)(=O)c1ccc(Cl)c([N+](=O)[O-])c1)C(=O)N1CCN(C(=O)C2CCCCC2)C(C)C1. The summed E-state index contributed by atoms with van der Waals surface area (Å²) in [5, 5.41) is 11.0. The molecule has 0 aromatic heterocycles. The van der Waals surface area contributed by atoms with Crippen LogP contribution in [0.4, 0.5) is 5.69 Å². The van der Waals surface area contributed by atoms with Gasteiger partial charge in [-0.15, -0.1) is 0 Å². The van der Waals surface area contributed by atoms with Crippen LogP contribution >= 0.6 is 11.6 Å². The molecule has 10 nitrogen and oxygen atoms in total. The third-order valence-electron chi connectivity index (χ3n) is 7.36. The Morgan fingerprint density at radius 2 is 1.89 bits per heavy atom. The Bertz CT molecular complexity index is 1090. The molecule has 2 aliphatic rings. The maximum absolute atomic E-state index is 13.5. The van der Waals surface area contributed by atoms with E-state index in [9.17, 15) is 28.1 Å². The van der Waals surface area contributed by atoms with Gasteiger partial charge < -0.3 is 9.80 Å². The van der Waals surface area contributed by atoms with Crippen molar-refractivity contribution in [1.82, 2.24) is 14.5 Å². The summed E-state index contributed by atoms with van der Waals surface area (Å²) in [6, 6.07) is 1.99. The summed E-state index contributed by atoms with van der Waals surface area (Å²) < 4.78 is 28.7. The van der Waals surface area contributed by atoms with Crippen LogP contribution in [0.5, 0.6) is 0 Å². The van der Waals surface area contributed by atoms with E-state index in [0.29, 0.717) is 26.1 Å². The van der Waals surface area contributed by atoms with Gasteiger partial charge in [-0.3, -0.25) is 19.7 Å². The number of carbonyl (C=O) groups excluding carboxylic acids is 2. The van der Waals surface area contributed by atoms with Crippen molar-refractivity contribution >= 4 is 39.1 Å². The highest BCUT2D eigenvalue weighted by Crippen LogP contribution is 2.29. The highest BCUT2D eigenvalue weighted by atomic mass is 35.5. The quantitative estimate of drug-likeness (QED) is 0.394. The van der Waals surface area contributed by atoms with Crippen molar-refractivity contribution < 1.29 is 22.9 Å². The zero-order valence-corrected chi connectivity index (χ0v) is 22.6. The number of piperazine rings is 1. The van der Waals surface area contributed by atoms with Crippen LogP contribution in [-0.2, 0) is 19.6 Å². The van der Waals surface area contributed by atoms with Crippen LogP contribution in [0, 0.1) is 22.0 Å². The van der Waals surface area contributed by atoms with Crippen molar-refractivity contribution in [1.29, 1.82) is 0 Å². The topological polar surface area (TPSA) is 130 Å². The Morgan fingerprint density at radius 3 is 2.47 bits per heavy atom. The number of nitro benzene ring substituents is 1. The van der Waals surface area contributed by atoms with E-state index in [1.54, 1.807) is 11.8 Å². The highest BCUT2D eigenvalue weighted by Gasteiger charge is 2.38. The lowest BCUT2D eigenvalue weighted by Crippen LogP contribution is -2.60. The van der Waals surface area contributed by atoms with E-state index in [1.165, 1.54) is 6.07 Å². The number of benzene rings is 1. The predicted molar refractivity (Wildman–Crippen MR) is 136 cm³/mol. The largest absolute Gasteiger partial charge is 0.337 e. The average molecular weight is 543 g/mol. The summed E-state index contributed by atoms with van der Waals surface area (Å²) >= 11 is 5.82. The van der Waals surface area contributed by atoms with Gasteiger partial charge >= 0.3 is 0 Å². The minimum Gasteiger partial charge on any atom is -0.337 e. The summed E-state index contributed by atoms with van der Waals surface area (Å²) in [4.78, 5) is 40.2. The Labute approximate surface area is 217 Å². The summed E-state index contributed by atoms with van der Waals surface area (Å²) in [6.07, 6.45) is 5.65. The predicted octanol–water partition coefficient (Wildman–Crippen LogP) is 3.58. The molecule has 1 saturated carbocycles. The average Bonchev–Trinajstić information content (AvgIpc) is 2.86. The van der Waals surface area contributed by atoms with Crippen molar-refractivity contribution in [2.24, 2.45) is 11.8 Å². The van der Waals surface area contributed by atoms with Crippen LogP contribution in [0.15, 0.2) is 23.1 Å². The molecule has 3 unspecified atom stereocenters. The lowest BCUT2D eigenvalue weighted by molar-refractivity contribution is -0.384. The third-order valence-corrected chi connectivity index (χ3v) is 9.12. The van der Waals surface area contributed by atoms with E-state index in [2.05, 4.69) is 4.72 Å². The highest BCUT2D eigenvalue weighted by molar-refractivity contribution is 7.89. The zero-order chi connectivity index (χ0) is 26.6. The first-order valence-corrected chi connectivity index (χ1v) is 14.4. The molecule has 1 N–H and O–H groups in total. The number of nitro groups is 1. The van der Waals surface area contributed by atoms with Gasteiger partial charge in [0.05, 0.1) is 9.82 Å². The van der Waals surface area contributed by atoms with Crippen LogP contribution in [0.1, 0.15) is 59.3 Å². The number of nitrogens with zero attached hydrogens (tertiary/aromatic N) is 3. The molecule has 1 saturated heterocycles. The number of halogens is 1. The van der Waals surface area contributed by atoms with Crippen molar-refractivity contribution in [2.75, 3.05) is 19.6 Å². The number of nitrogens with one attached hydrogen (secondary N) is 1. The van der Waals surface area contributed by atoms with E-state index in [4.69, 9.17) is 11.6 Å². The van der Waals surface area contributed by atoms with Crippen LogP contribution in [-0.4, -0.2) is 66.7 Å². The number of hydrogen-bond donors (Lipinski definition) is 1. The van der Waals surface area contributed by atoms with E-state index in [-0.39, 0.29) is 39.6 Å². The first-order valence-electron chi connectivity index (χ1n) is 12.5. The van der Waals surface area contributed by atoms with Gasteiger partial charge in [0.15, 0.2) is 0 Å². The maximum atomic E-state index is 13.5. The van der Waals surface area contributed by atoms with Gasteiger partial charge in [-0.1, -0.05) is 51.1 Å². The molecule has 3 rings (SSSR count). The van der Waals surface area contributed by atoms with Gasteiger partial charge in [0.25, 0.3) is 5.69 Å². The minimum atomic E-state index is -4.25. The third kappa shape index (κ3) is 6.36. The van der Waals surface area contributed by atoms with E-state index in [1.807, 2.05) is 18.7 Å². The van der Waals surface area contributed by atoms with Crippen LogP contribution in [0.3, 0.4) is 0 Å². The normalized spacial score (nSPS) is 21.2. The fourth-order valence-electron chi connectivity index (χ4n) is 4.95. The van der Waals surface area contributed by atoms with Gasteiger partial charge in [0.2, 0.25) is 21.8 Å². The van der Waals surface area contributed by atoms with Gasteiger partial charge in [-0.05, 0) is 37.8 Å². The van der Waals surface area contributed by atoms with Crippen LogP contribution in [0.25, 0.3) is 0 Å². The Morgan fingerprint density at radius 1 is 1.22 bits per heavy atom. The second-order valence-electron chi connectivity index (χ2n) is 9.85. The van der Waals surface area contributed by atoms with E-state index >= 15 is 0 Å². The van der Waals surface area contributed by atoms with E-state index in [0.717, 1.165) is 44.2 Å². The zero-order valence-electron chi connectivity index (χ0n) is 21.0. The number of carbonyl (C=O) groups is 2. The lowest BCUT2D eigenvalue weighted by Gasteiger charge is -2.43. The fraction of sp³-hybridized carbons (Fsp3) is 0.667. The first kappa shape index (κ1) is 28.3. The van der Waals surface area contributed by atoms with Gasteiger partial charge in [-0.25, -0.2) is 8.42 Å². The van der Waals surface area contributed by atoms with Crippen LogP contribution in [0.2, 0.25) is 5.02 Å². The number of amides is 2. The summed E-state index contributed by atoms with van der Waals surface area (Å²) in [5.41, 5.74) is -0.529. The molecule has 1 aliphatic carbocycles.